The number of amides is 1. The molecule has 1 amide bonds. The monoisotopic (exact) mass is 277 g/mol. The van der Waals surface area contributed by atoms with Gasteiger partial charge >= 0.3 is 5.97 Å². The average molecular weight is 277 g/mol. The van der Waals surface area contributed by atoms with E-state index in [1.54, 1.807) is 30.1 Å². The quantitative estimate of drug-likeness (QED) is 0.823. The molecule has 1 fully saturated rings. The summed E-state index contributed by atoms with van der Waals surface area (Å²) < 4.78 is 1.65. The Balaban J connectivity index is 2.07. The van der Waals surface area contributed by atoms with Crippen molar-refractivity contribution < 1.29 is 14.7 Å². The summed E-state index contributed by atoms with van der Waals surface area (Å²) in [5.74, 6) is -1.22. The van der Waals surface area contributed by atoms with E-state index in [1.165, 1.54) is 11.0 Å². The molecule has 0 aromatic carbocycles. The standard InChI is InChI=1S/C14H19N3O3/c1-16-11(8-9-15-16)6-7-13(18)17(10-14(19)20)12-4-2-3-5-12/h6-9,12H,2-5,10H2,1H3,(H,19,20)/b7-6+. The van der Waals surface area contributed by atoms with Gasteiger partial charge in [-0.25, -0.2) is 0 Å². The lowest BCUT2D eigenvalue weighted by Crippen LogP contribution is -2.41. The summed E-state index contributed by atoms with van der Waals surface area (Å²) in [6.45, 7) is -0.237. The predicted octanol–water partition coefficient (Wildman–Crippen LogP) is 1.29. The first-order chi connectivity index (χ1) is 9.58. The summed E-state index contributed by atoms with van der Waals surface area (Å²) >= 11 is 0. The van der Waals surface area contributed by atoms with Crippen LogP contribution in [0.5, 0.6) is 0 Å². The molecule has 2 rings (SSSR count). The zero-order chi connectivity index (χ0) is 14.5. The minimum absolute atomic E-state index is 0.0507. The first kappa shape index (κ1) is 14.3. The number of nitrogens with zero attached hydrogens (tertiary/aromatic N) is 3. The van der Waals surface area contributed by atoms with Crippen LogP contribution in [0.25, 0.3) is 6.08 Å². The molecule has 108 valence electrons. The van der Waals surface area contributed by atoms with E-state index < -0.39 is 5.97 Å². The molecule has 1 aromatic heterocycles. The molecule has 6 nitrogen and oxygen atoms in total. The number of aryl methyl sites for hydroxylation is 1. The maximum absolute atomic E-state index is 12.2. The van der Waals surface area contributed by atoms with Gasteiger partial charge in [0.1, 0.15) is 6.54 Å². The maximum atomic E-state index is 12.2. The lowest BCUT2D eigenvalue weighted by Gasteiger charge is -2.26. The zero-order valence-electron chi connectivity index (χ0n) is 11.5. The summed E-state index contributed by atoms with van der Waals surface area (Å²) in [6, 6.07) is 1.84. The smallest absolute Gasteiger partial charge is 0.323 e. The van der Waals surface area contributed by atoms with Crippen molar-refractivity contribution in [3.05, 3.63) is 24.0 Å². The summed E-state index contributed by atoms with van der Waals surface area (Å²) in [5, 5.41) is 13.0. The highest BCUT2D eigenvalue weighted by Crippen LogP contribution is 2.23. The van der Waals surface area contributed by atoms with E-state index in [0.29, 0.717) is 0 Å². The van der Waals surface area contributed by atoms with Gasteiger partial charge in [-0.05, 0) is 25.0 Å². The highest BCUT2D eigenvalue weighted by molar-refractivity contribution is 5.93. The Labute approximate surface area is 117 Å². The Morgan fingerprint density at radius 3 is 2.75 bits per heavy atom. The second kappa shape index (κ2) is 6.36. The molecular formula is C14H19N3O3. The Morgan fingerprint density at radius 1 is 1.50 bits per heavy atom. The molecule has 1 aromatic rings. The topological polar surface area (TPSA) is 75.4 Å². The molecule has 6 heteroatoms. The summed E-state index contributed by atoms with van der Waals surface area (Å²) in [4.78, 5) is 24.6. The molecule has 0 radical (unpaired) electrons. The number of carbonyl (C=O) groups is 2. The van der Waals surface area contributed by atoms with Gasteiger partial charge in [0.05, 0.1) is 5.69 Å². The number of rotatable bonds is 5. The highest BCUT2D eigenvalue weighted by atomic mass is 16.4. The second-order valence-corrected chi connectivity index (χ2v) is 5.01. The van der Waals surface area contributed by atoms with Crippen LogP contribution < -0.4 is 0 Å². The molecule has 20 heavy (non-hydrogen) atoms. The van der Waals surface area contributed by atoms with Gasteiger partial charge in [-0.2, -0.15) is 5.10 Å². The molecule has 1 aliphatic rings. The molecule has 1 N–H and O–H groups in total. The van der Waals surface area contributed by atoms with Gasteiger partial charge in [-0.1, -0.05) is 12.8 Å². The van der Waals surface area contributed by atoms with Crippen molar-refractivity contribution in [1.82, 2.24) is 14.7 Å². The number of hydrogen-bond acceptors (Lipinski definition) is 3. The number of carboxylic acid groups (broad SMARTS) is 1. The van der Waals surface area contributed by atoms with Crippen LogP contribution in [0, 0.1) is 0 Å². The van der Waals surface area contributed by atoms with Crippen LogP contribution in [-0.4, -0.2) is 44.3 Å². The van der Waals surface area contributed by atoms with Gasteiger partial charge in [0.2, 0.25) is 5.91 Å². The van der Waals surface area contributed by atoms with E-state index in [4.69, 9.17) is 5.11 Å². The Bertz CT molecular complexity index is 515. The third-order valence-electron chi connectivity index (χ3n) is 3.61. The van der Waals surface area contributed by atoms with Gasteiger partial charge in [-0.3, -0.25) is 14.3 Å². The highest BCUT2D eigenvalue weighted by Gasteiger charge is 2.26. The van der Waals surface area contributed by atoms with Crippen LogP contribution in [0.15, 0.2) is 18.3 Å². The van der Waals surface area contributed by atoms with Crippen LogP contribution in [0.4, 0.5) is 0 Å². The first-order valence-corrected chi connectivity index (χ1v) is 6.76. The molecule has 1 aliphatic carbocycles. The lowest BCUT2D eigenvalue weighted by atomic mass is 10.2. The molecule has 0 atom stereocenters. The zero-order valence-corrected chi connectivity index (χ0v) is 11.5. The van der Waals surface area contributed by atoms with Crippen molar-refractivity contribution >= 4 is 18.0 Å². The van der Waals surface area contributed by atoms with Crippen molar-refractivity contribution in [2.24, 2.45) is 7.05 Å². The third kappa shape index (κ3) is 3.46. The van der Waals surface area contributed by atoms with Crippen molar-refractivity contribution in [2.75, 3.05) is 6.54 Å². The number of carboxylic acids is 1. The maximum Gasteiger partial charge on any atom is 0.323 e. The normalized spacial score (nSPS) is 15.8. The average Bonchev–Trinajstić information content (AvgIpc) is 3.04. The molecule has 0 saturated heterocycles. The van der Waals surface area contributed by atoms with Crippen LogP contribution in [-0.2, 0) is 16.6 Å². The van der Waals surface area contributed by atoms with Gasteiger partial charge < -0.3 is 10.0 Å². The number of aromatic nitrogens is 2. The molecule has 1 heterocycles. The Kier molecular flexibility index (Phi) is 4.55. The van der Waals surface area contributed by atoms with Crippen molar-refractivity contribution in [3.8, 4) is 0 Å². The molecule has 0 aliphatic heterocycles. The van der Waals surface area contributed by atoms with Gasteiger partial charge in [0, 0.05) is 25.4 Å². The number of carbonyl (C=O) groups excluding carboxylic acids is 1. The van der Waals surface area contributed by atoms with Crippen LogP contribution in [0.1, 0.15) is 31.4 Å². The molecule has 0 bridgehead atoms. The van der Waals surface area contributed by atoms with Gasteiger partial charge in [-0.15, -0.1) is 0 Å². The summed E-state index contributed by atoms with van der Waals surface area (Å²) in [6.07, 6.45) is 8.63. The fourth-order valence-electron chi connectivity index (χ4n) is 2.55. The van der Waals surface area contributed by atoms with E-state index in [2.05, 4.69) is 5.10 Å². The minimum atomic E-state index is -0.973. The van der Waals surface area contributed by atoms with Crippen molar-refractivity contribution in [1.29, 1.82) is 0 Å². The molecule has 1 saturated carbocycles. The lowest BCUT2D eigenvalue weighted by molar-refractivity contribution is -0.144. The number of aliphatic carboxylic acids is 1. The predicted molar refractivity (Wildman–Crippen MR) is 73.8 cm³/mol. The fraction of sp³-hybridized carbons (Fsp3) is 0.500. The van der Waals surface area contributed by atoms with E-state index >= 15 is 0 Å². The Hall–Kier alpha value is -2.11. The van der Waals surface area contributed by atoms with Crippen molar-refractivity contribution in [2.45, 2.75) is 31.7 Å². The van der Waals surface area contributed by atoms with Gasteiger partial charge in [0.25, 0.3) is 0 Å². The van der Waals surface area contributed by atoms with E-state index in [0.717, 1.165) is 31.4 Å². The molecule has 0 unspecified atom stereocenters. The minimum Gasteiger partial charge on any atom is -0.480 e. The van der Waals surface area contributed by atoms with Crippen LogP contribution in [0.2, 0.25) is 0 Å². The van der Waals surface area contributed by atoms with Crippen LogP contribution >= 0.6 is 0 Å². The van der Waals surface area contributed by atoms with Gasteiger partial charge in [0.15, 0.2) is 0 Å². The first-order valence-electron chi connectivity index (χ1n) is 6.76. The molecule has 0 spiro atoms. The Morgan fingerprint density at radius 2 is 2.20 bits per heavy atom. The summed E-state index contributed by atoms with van der Waals surface area (Å²) in [7, 11) is 1.79. The fourth-order valence-corrected chi connectivity index (χ4v) is 2.55. The third-order valence-corrected chi connectivity index (χ3v) is 3.61. The summed E-state index contributed by atoms with van der Waals surface area (Å²) in [5.41, 5.74) is 0.806. The number of hydrogen-bond donors (Lipinski definition) is 1. The second-order valence-electron chi connectivity index (χ2n) is 5.01. The SMILES string of the molecule is Cn1nccc1/C=C/C(=O)N(CC(=O)O)C1CCCC1. The largest absolute Gasteiger partial charge is 0.480 e. The van der Waals surface area contributed by atoms with E-state index in [1.807, 2.05) is 0 Å². The molecular weight excluding hydrogens is 258 g/mol. The van der Waals surface area contributed by atoms with Crippen LogP contribution in [0.3, 0.4) is 0 Å². The van der Waals surface area contributed by atoms with Crippen molar-refractivity contribution in [3.63, 3.8) is 0 Å². The van der Waals surface area contributed by atoms with E-state index in [-0.39, 0.29) is 18.5 Å². The van der Waals surface area contributed by atoms with E-state index in [9.17, 15) is 9.59 Å².